The quantitative estimate of drug-likeness (QED) is 0.647. The molecule has 1 aromatic carbocycles. The van der Waals surface area contributed by atoms with E-state index in [0.717, 1.165) is 5.56 Å². The Morgan fingerprint density at radius 1 is 1.36 bits per heavy atom. The highest BCUT2D eigenvalue weighted by Crippen LogP contribution is 2.05. The number of aromatic nitrogens is 3. The second kappa shape index (κ2) is 7.32. The number of anilines is 1. The smallest absolute Gasteiger partial charge is 0.313 e. The van der Waals surface area contributed by atoms with E-state index in [0.29, 0.717) is 12.2 Å². The molecule has 8 heteroatoms. The number of carbonyl (C=O) groups excluding carboxylic acids is 2. The molecule has 0 unspecified atom stereocenters. The fourth-order valence-electron chi connectivity index (χ4n) is 1.80. The molecule has 0 aliphatic carbocycles. The third kappa shape index (κ3) is 4.38. The van der Waals surface area contributed by atoms with Gasteiger partial charge in [-0.05, 0) is 12.0 Å². The number of nitrogens with one attached hydrogen (secondary N) is 2. The van der Waals surface area contributed by atoms with Crippen LogP contribution in [-0.2, 0) is 27.2 Å². The molecule has 22 heavy (non-hydrogen) atoms. The van der Waals surface area contributed by atoms with E-state index in [9.17, 15) is 9.59 Å². The highest BCUT2D eigenvalue weighted by Gasteiger charge is 2.16. The van der Waals surface area contributed by atoms with Crippen molar-refractivity contribution in [1.82, 2.24) is 15.2 Å². The fraction of sp³-hybridized carbons (Fsp3) is 0.286. The molecular weight excluding hydrogens is 286 g/mol. The van der Waals surface area contributed by atoms with Crippen LogP contribution < -0.4 is 11.1 Å². The Balaban J connectivity index is 1.90. The minimum Gasteiger partial charge on any atom is -0.469 e. The lowest BCUT2D eigenvalue weighted by Crippen LogP contribution is -2.37. The molecule has 0 bridgehead atoms. The lowest BCUT2D eigenvalue weighted by atomic mass is 10.1. The number of rotatable bonds is 6. The van der Waals surface area contributed by atoms with E-state index in [-0.39, 0.29) is 12.4 Å². The number of H-pyrrole nitrogens is 1. The standard InChI is InChI=1S/C14H17N5O3/c1-22-12(20)8-11-16-14(19-18-11)17-13(21)10(15)7-9-5-3-2-4-6-9/h2-6,10H,7-8,15H2,1H3,(H2,16,17,18,19,21)/t10-/m0/s1. The summed E-state index contributed by atoms with van der Waals surface area (Å²) in [6.45, 7) is 0. The van der Waals surface area contributed by atoms with Crippen molar-refractivity contribution in [2.75, 3.05) is 12.4 Å². The van der Waals surface area contributed by atoms with Crippen LogP contribution in [0.25, 0.3) is 0 Å². The SMILES string of the molecule is COC(=O)Cc1nc(NC(=O)[C@@H](N)Cc2ccccc2)n[nH]1. The number of aromatic amines is 1. The van der Waals surface area contributed by atoms with E-state index in [1.165, 1.54) is 7.11 Å². The number of carbonyl (C=O) groups is 2. The van der Waals surface area contributed by atoms with Gasteiger partial charge in [-0.3, -0.25) is 20.0 Å². The molecule has 1 atom stereocenters. The number of nitrogens with zero attached hydrogens (tertiary/aromatic N) is 2. The zero-order chi connectivity index (χ0) is 15.9. The van der Waals surface area contributed by atoms with E-state index in [1.54, 1.807) is 0 Å². The zero-order valence-electron chi connectivity index (χ0n) is 12.1. The maximum atomic E-state index is 12.0. The van der Waals surface area contributed by atoms with E-state index >= 15 is 0 Å². The average molecular weight is 303 g/mol. The van der Waals surface area contributed by atoms with Gasteiger partial charge in [-0.15, -0.1) is 5.10 Å². The first-order valence-electron chi connectivity index (χ1n) is 6.67. The van der Waals surface area contributed by atoms with Crippen LogP contribution in [0.3, 0.4) is 0 Å². The third-order valence-corrected chi connectivity index (χ3v) is 2.94. The largest absolute Gasteiger partial charge is 0.469 e. The van der Waals surface area contributed by atoms with Gasteiger partial charge in [0.15, 0.2) is 0 Å². The van der Waals surface area contributed by atoms with Gasteiger partial charge in [-0.25, -0.2) is 0 Å². The highest BCUT2D eigenvalue weighted by molar-refractivity contribution is 5.93. The molecule has 1 heterocycles. The first-order valence-corrected chi connectivity index (χ1v) is 6.67. The fourth-order valence-corrected chi connectivity index (χ4v) is 1.80. The maximum Gasteiger partial charge on any atom is 0.313 e. The predicted octanol–water partition coefficient (Wildman–Crippen LogP) is 0.0287. The topological polar surface area (TPSA) is 123 Å². The summed E-state index contributed by atoms with van der Waals surface area (Å²) in [7, 11) is 1.28. The lowest BCUT2D eigenvalue weighted by Gasteiger charge is -2.10. The summed E-state index contributed by atoms with van der Waals surface area (Å²) in [4.78, 5) is 27.1. The predicted molar refractivity (Wildman–Crippen MR) is 78.9 cm³/mol. The van der Waals surface area contributed by atoms with Crippen molar-refractivity contribution in [2.45, 2.75) is 18.9 Å². The number of nitrogens with two attached hydrogens (primary N) is 1. The highest BCUT2D eigenvalue weighted by atomic mass is 16.5. The molecule has 2 aromatic rings. The van der Waals surface area contributed by atoms with Gasteiger partial charge < -0.3 is 10.5 Å². The Hall–Kier alpha value is -2.74. The zero-order valence-corrected chi connectivity index (χ0v) is 12.1. The van der Waals surface area contributed by atoms with Crippen molar-refractivity contribution in [2.24, 2.45) is 5.73 Å². The molecule has 1 amide bonds. The minimum absolute atomic E-state index is 0.0462. The van der Waals surface area contributed by atoms with Gasteiger partial charge in [0.2, 0.25) is 11.9 Å². The summed E-state index contributed by atoms with van der Waals surface area (Å²) >= 11 is 0. The molecule has 2 rings (SSSR count). The Bertz CT molecular complexity index is 641. The summed E-state index contributed by atoms with van der Waals surface area (Å²) in [5.41, 5.74) is 6.82. The molecule has 8 nitrogen and oxygen atoms in total. The number of hydrogen-bond acceptors (Lipinski definition) is 6. The summed E-state index contributed by atoms with van der Waals surface area (Å²) in [5.74, 6) is -0.464. The maximum absolute atomic E-state index is 12.0. The van der Waals surface area contributed by atoms with Crippen LogP contribution in [0, 0.1) is 0 Å². The van der Waals surface area contributed by atoms with Crippen LogP contribution in [0.1, 0.15) is 11.4 Å². The van der Waals surface area contributed by atoms with Crippen molar-refractivity contribution < 1.29 is 14.3 Å². The summed E-state index contributed by atoms with van der Waals surface area (Å²) in [6, 6.07) is 8.74. The van der Waals surface area contributed by atoms with Crippen molar-refractivity contribution in [3.05, 3.63) is 41.7 Å². The van der Waals surface area contributed by atoms with E-state index < -0.39 is 17.9 Å². The van der Waals surface area contributed by atoms with Gasteiger partial charge in [-0.2, -0.15) is 4.98 Å². The van der Waals surface area contributed by atoms with Crippen molar-refractivity contribution in [3.8, 4) is 0 Å². The van der Waals surface area contributed by atoms with Crippen molar-refractivity contribution in [1.29, 1.82) is 0 Å². The number of ether oxygens (including phenoxy) is 1. The Kier molecular flexibility index (Phi) is 5.21. The molecule has 0 saturated carbocycles. The van der Waals surface area contributed by atoms with Crippen LogP contribution in [0.2, 0.25) is 0 Å². The molecule has 116 valence electrons. The van der Waals surface area contributed by atoms with E-state index in [4.69, 9.17) is 5.73 Å². The van der Waals surface area contributed by atoms with Crippen LogP contribution in [0.5, 0.6) is 0 Å². The van der Waals surface area contributed by atoms with Crippen molar-refractivity contribution >= 4 is 17.8 Å². The molecular formula is C14H17N5O3. The van der Waals surface area contributed by atoms with Gasteiger partial charge in [0, 0.05) is 0 Å². The van der Waals surface area contributed by atoms with E-state index in [2.05, 4.69) is 25.2 Å². The first kappa shape index (κ1) is 15.6. The van der Waals surface area contributed by atoms with Gasteiger partial charge in [0.05, 0.1) is 13.2 Å². The second-order valence-corrected chi connectivity index (χ2v) is 4.64. The monoisotopic (exact) mass is 303 g/mol. The van der Waals surface area contributed by atoms with Crippen LogP contribution in [-0.4, -0.2) is 40.2 Å². The number of hydrogen-bond donors (Lipinski definition) is 3. The van der Waals surface area contributed by atoms with Gasteiger partial charge in [0.1, 0.15) is 12.2 Å². The molecule has 0 aliphatic rings. The van der Waals surface area contributed by atoms with Crippen LogP contribution >= 0.6 is 0 Å². The Labute approximate surface area is 127 Å². The normalized spacial score (nSPS) is 11.7. The number of amides is 1. The number of methoxy groups -OCH3 is 1. The Morgan fingerprint density at radius 2 is 2.09 bits per heavy atom. The summed E-state index contributed by atoms with van der Waals surface area (Å²) < 4.78 is 4.52. The molecule has 1 aromatic heterocycles. The second-order valence-electron chi connectivity index (χ2n) is 4.64. The van der Waals surface area contributed by atoms with Crippen molar-refractivity contribution in [3.63, 3.8) is 0 Å². The molecule has 0 fully saturated rings. The Morgan fingerprint density at radius 3 is 2.77 bits per heavy atom. The molecule has 4 N–H and O–H groups in total. The number of benzene rings is 1. The molecule has 0 radical (unpaired) electrons. The average Bonchev–Trinajstić information content (AvgIpc) is 2.95. The molecule has 0 saturated heterocycles. The molecule has 0 aliphatic heterocycles. The van der Waals surface area contributed by atoms with E-state index in [1.807, 2.05) is 30.3 Å². The third-order valence-electron chi connectivity index (χ3n) is 2.94. The summed E-state index contributed by atoms with van der Waals surface area (Å²) in [5, 5.41) is 8.85. The summed E-state index contributed by atoms with van der Waals surface area (Å²) in [6.07, 6.45) is 0.363. The number of esters is 1. The van der Waals surface area contributed by atoms with Gasteiger partial charge in [0.25, 0.3) is 0 Å². The van der Waals surface area contributed by atoms with Crippen LogP contribution in [0.4, 0.5) is 5.95 Å². The van der Waals surface area contributed by atoms with Gasteiger partial charge in [-0.1, -0.05) is 30.3 Å². The lowest BCUT2D eigenvalue weighted by molar-refractivity contribution is -0.139. The first-order chi connectivity index (χ1) is 10.6. The molecule has 0 spiro atoms. The van der Waals surface area contributed by atoms with Crippen LogP contribution in [0.15, 0.2) is 30.3 Å². The minimum atomic E-state index is -0.718. The van der Waals surface area contributed by atoms with Gasteiger partial charge >= 0.3 is 5.97 Å².